The van der Waals surface area contributed by atoms with Crippen LogP contribution in [0.4, 0.5) is 0 Å². The van der Waals surface area contributed by atoms with Crippen LogP contribution in [0.25, 0.3) is 0 Å². The minimum Gasteiger partial charge on any atom is -0.278 e. The Morgan fingerprint density at radius 3 is 2.73 bits per heavy atom. The first-order valence-electron chi connectivity index (χ1n) is 6.40. The molecule has 1 N–H and O–H groups in total. The quantitative estimate of drug-likeness (QED) is 0.773. The fraction of sp³-hybridized carbons (Fsp3) is 0.917. The maximum absolute atomic E-state index is 11.5. The lowest BCUT2D eigenvalue weighted by Gasteiger charge is -2.30. The molecule has 0 unspecified atom stereocenters. The van der Waals surface area contributed by atoms with E-state index in [1.807, 2.05) is 5.01 Å². The maximum Gasteiger partial charge on any atom is 0.236 e. The molecule has 15 heavy (non-hydrogen) atoms. The lowest BCUT2D eigenvalue weighted by atomic mass is 9.87. The molecule has 0 radical (unpaired) electrons. The van der Waals surface area contributed by atoms with Crippen molar-refractivity contribution in [3.05, 3.63) is 0 Å². The van der Waals surface area contributed by atoms with Crippen LogP contribution >= 0.6 is 0 Å². The first-order chi connectivity index (χ1) is 7.36. The van der Waals surface area contributed by atoms with Crippen LogP contribution in [-0.4, -0.2) is 24.0 Å². The van der Waals surface area contributed by atoms with Crippen molar-refractivity contribution in [2.24, 2.45) is 5.92 Å². The van der Waals surface area contributed by atoms with Gasteiger partial charge >= 0.3 is 0 Å². The molecular formula is C12H22N2O. The predicted molar refractivity (Wildman–Crippen MR) is 60.1 cm³/mol. The summed E-state index contributed by atoms with van der Waals surface area (Å²) in [4.78, 5) is 11.5. The molecule has 0 atom stereocenters. The Balaban J connectivity index is 1.69. The summed E-state index contributed by atoms with van der Waals surface area (Å²) in [5.41, 5.74) is 3.19. The molecule has 1 amide bonds. The van der Waals surface area contributed by atoms with Gasteiger partial charge in [-0.25, -0.2) is 5.43 Å². The van der Waals surface area contributed by atoms with Gasteiger partial charge in [0.05, 0.1) is 0 Å². The molecule has 0 bridgehead atoms. The summed E-state index contributed by atoms with van der Waals surface area (Å²) in [6.07, 6.45) is 9.88. The molecule has 1 saturated heterocycles. The minimum absolute atomic E-state index is 0.289. The second-order valence-corrected chi connectivity index (χ2v) is 4.85. The summed E-state index contributed by atoms with van der Waals surface area (Å²) >= 11 is 0. The zero-order valence-corrected chi connectivity index (χ0v) is 9.50. The highest BCUT2D eigenvalue weighted by Gasteiger charge is 2.19. The molecule has 2 aliphatic rings. The van der Waals surface area contributed by atoms with E-state index in [0.717, 1.165) is 31.8 Å². The largest absolute Gasteiger partial charge is 0.278 e. The van der Waals surface area contributed by atoms with Gasteiger partial charge in [0.1, 0.15) is 0 Å². The maximum atomic E-state index is 11.5. The Bertz CT molecular complexity index is 212. The van der Waals surface area contributed by atoms with E-state index in [4.69, 9.17) is 0 Å². The van der Waals surface area contributed by atoms with E-state index in [9.17, 15) is 4.79 Å². The van der Waals surface area contributed by atoms with Gasteiger partial charge in [0, 0.05) is 19.5 Å². The van der Waals surface area contributed by atoms with Crippen LogP contribution in [0.15, 0.2) is 0 Å². The predicted octanol–water partition coefficient (Wildman–Crippen LogP) is 2.08. The molecule has 0 aromatic carbocycles. The van der Waals surface area contributed by atoms with E-state index < -0.39 is 0 Å². The van der Waals surface area contributed by atoms with Gasteiger partial charge < -0.3 is 0 Å². The lowest BCUT2D eigenvalue weighted by molar-refractivity contribution is -0.137. The van der Waals surface area contributed by atoms with Crippen LogP contribution < -0.4 is 5.43 Å². The second kappa shape index (κ2) is 5.50. The van der Waals surface area contributed by atoms with Crippen LogP contribution in [0.2, 0.25) is 0 Å². The average molecular weight is 210 g/mol. The van der Waals surface area contributed by atoms with E-state index in [0.29, 0.717) is 0 Å². The van der Waals surface area contributed by atoms with Gasteiger partial charge in [-0.2, -0.15) is 0 Å². The van der Waals surface area contributed by atoms with Gasteiger partial charge in [0.2, 0.25) is 5.91 Å². The van der Waals surface area contributed by atoms with Gasteiger partial charge in [0.25, 0.3) is 0 Å². The van der Waals surface area contributed by atoms with E-state index in [1.54, 1.807) is 0 Å². The molecule has 2 rings (SSSR count). The Kier molecular flexibility index (Phi) is 4.01. The summed E-state index contributed by atoms with van der Waals surface area (Å²) in [7, 11) is 0. The number of carbonyl (C=O) groups is 1. The van der Waals surface area contributed by atoms with Crippen LogP contribution in [0, 0.1) is 5.92 Å². The number of hydrogen-bond donors (Lipinski definition) is 1. The van der Waals surface area contributed by atoms with Crippen molar-refractivity contribution in [1.29, 1.82) is 0 Å². The highest BCUT2D eigenvalue weighted by molar-refractivity contribution is 5.76. The van der Waals surface area contributed by atoms with Crippen LogP contribution in [0.5, 0.6) is 0 Å². The highest BCUT2D eigenvalue weighted by atomic mass is 16.2. The zero-order chi connectivity index (χ0) is 10.5. The molecule has 86 valence electrons. The normalized spacial score (nSPS) is 24.5. The minimum atomic E-state index is 0.289. The number of hydrogen-bond acceptors (Lipinski definition) is 2. The van der Waals surface area contributed by atoms with Crippen molar-refractivity contribution in [1.82, 2.24) is 10.4 Å². The first-order valence-corrected chi connectivity index (χ1v) is 6.40. The fourth-order valence-corrected chi connectivity index (χ4v) is 2.67. The molecule has 0 spiro atoms. The van der Waals surface area contributed by atoms with Crippen LogP contribution in [-0.2, 0) is 4.79 Å². The standard InChI is InChI=1S/C12H22N2O/c15-12-7-4-9-13-14(12)10-8-11-5-2-1-3-6-11/h11,13H,1-10H2. The van der Waals surface area contributed by atoms with E-state index in [1.165, 1.54) is 38.5 Å². The number of nitrogens with one attached hydrogen (secondary N) is 1. The van der Waals surface area contributed by atoms with Gasteiger partial charge in [-0.05, 0) is 18.8 Å². The number of nitrogens with zero attached hydrogens (tertiary/aromatic N) is 1. The summed E-state index contributed by atoms with van der Waals surface area (Å²) in [5, 5.41) is 1.85. The van der Waals surface area contributed by atoms with E-state index in [2.05, 4.69) is 5.43 Å². The molecule has 2 fully saturated rings. The molecular weight excluding hydrogens is 188 g/mol. The monoisotopic (exact) mass is 210 g/mol. The van der Waals surface area contributed by atoms with Gasteiger partial charge in [-0.3, -0.25) is 9.80 Å². The SMILES string of the molecule is O=C1CCCNN1CCC1CCCCC1. The Hall–Kier alpha value is -0.570. The smallest absolute Gasteiger partial charge is 0.236 e. The zero-order valence-electron chi connectivity index (χ0n) is 9.50. The molecule has 0 aromatic rings. The van der Waals surface area contributed by atoms with Crippen molar-refractivity contribution in [2.45, 2.75) is 51.4 Å². The molecule has 3 heteroatoms. The van der Waals surface area contributed by atoms with E-state index in [-0.39, 0.29) is 5.91 Å². The summed E-state index contributed by atoms with van der Waals surface area (Å²) < 4.78 is 0. The highest BCUT2D eigenvalue weighted by Crippen LogP contribution is 2.26. The molecule has 0 aromatic heterocycles. The van der Waals surface area contributed by atoms with Crippen molar-refractivity contribution in [3.63, 3.8) is 0 Å². The molecule has 3 nitrogen and oxygen atoms in total. The number of rotatable bonds is 3. The summed E-state index contributed by atoms with van der Waals surface area (Å²) in [6.45, 7) is 1.89. The first kappa shape index (κ1) is 10.9. The van der Waals surface area contributed by atoms with Gasteiger partial charge in [-0.1, -0.05) is 32.1 Å². The Morgan fingerprint density at radius 2 is 2.00 bits per heavy atom. The third kappa shape index (κ3) is 3.20. The van der Waals surface area contributed by atoms with Crippen LogP contribution in [0.1, 0.15) is 51.4 Å². The van der Waals surface area contributed by atoms with Crippen molar-refractivity contribution >= 4 is 5.91 Å². The van der Waals surface area contributed by atoms with Gasteiger partial charge in [-0.15, -0.1) is 0 Å². The number of carbonyl (C=O) groups excluding carboxylic acids is 1. The Morgan fingerprint density at radius 1 is 1.20 bits per heavy atom. The average Bonchev–Trinajstić information content (AvgIpc) is 2.29. The Labute approximate surface area is 92.2 Å². The van der Waals surface area contributed by atoms with Crippen LogP contribution in [0.3, 0.4) is 0 Å². The van der Waals surface area contributed by atoms with E-state index >= 15 is 0 Å². The molecule has 1 heterocycles. The van der Waals surface area contributed by atoms with Crippen molar-refractivity contribution < 1.29 is 4.79 Å². The topological polar surface area (TPSA) is 32.3 Å². The number of hydrazine groups is 1. The van der Waals surface area contributed by atoms with Gasteiger partial charge in [0.15, 0.2) is 0 Å². The third-order valence-electron chi connectivity index (χ3n) is 3.66. The lowest BCUT2D eigenvalue weighted by Crippen LogP contribution is -2.47. The number of amides is 1. The molecule has 1 saturated carbocycles. The summed E-state index contributed by atoms with van der Waals surface area (Å²) in [6, 6.07) is 0. The molecule has 1 aliphatic carbocycles. The molecule has 1 aliphatic heterocycles. The third-order valence-corrected chi connectivity index (χ3v) is 3.66. The second-order valence-electron chi connectivity index (χ2n) is 4.85. The fourth-order valence-electron chi connectivity index (χ4n) is 2.67. The summed E-state index contributed by atoms with van der Waals surface area (Å²) in [5.74, 6) is 1.16. The van der Waals surface area contributed by atoms with Crippen molar-refractivity contribution in [2.75, 3.05) is 13.1 Å². The van der Waals surface area contributed by atoms with Crippen molar-refractivity contribution in [3.8, 4) is 0 Å².